The molecule has 13 nitrogen and oxygen atoms in total. The molecule has 5 fully saturated rings. The molecule has 5 heterocycles. The molecule has 0 spiro atoms. The number of likely N-dealkylation sites (tertiary alicyclic amines) is 2. The summed E-state index contributed by atoms with van der Waals surface area (Å²) in [5.74, 6) is -0.943. The highest BCUT2D eigenvalue weighted by Gasteiger charge is 2.25. The SMILES string of the molecule is C1CNC1.CC(C)(C)OC(=O)CN1CCCCC1.CCOC(=O)CN1CCCCC1.COC(=O)C1CNC1.O=C(O)C1CNC1. The van der Waals surface area contributed by atoms with Crippen LogP contribution in [0.5, 0.6) is 0 Å². The van der Waals surface area contributed by atoms with Gasteiger partial charge in [0.05, 0.1) is 38.6 Å². The summed E-state index contributed by atoms with van der Waals surface area (Å²) in [5, 5.41) is 17.1. The van der Waals surface area contributed by atoms with Crippen LogP contribution in [-0.2, 0) is 33.4 Å². The molecule has 5 aliphatic heterocycles. The Labute approximate surface area is 270 Å². The average molecular weight is 644 g/mol. The van der Waals surface area contributed by atoms with E-state index in [2.05, 4.69) is 30.5 Å². The zero-order chi connectivity index (χ0) is 33.5. The van der Waals surface area contributed by atoms with Gasteiger partial charge in [0.2, 0.25) is 0 Å². The van der Waals surface area contributed by atoms with Crippen LogP contribution in [0.3, 0.4) is 0 Å². The molecule has 262 valence electrons. The first-order valence-corrected chi connectivity index (χ1v) is 16.7. The zero-order valence-electron chi connectivity index (χ0n) is 28.5. The van der Waals surface area contributed by atoms with Crippen molar-refractivity contribution in [1.82, 2.24) is 25.8 Å². The lowest BCUT2D eigenvalue weighted by Crippen LogP contribution is -2.46. The quantitative estimate of drug-likeness (QED) is 0.234. The Morgan fingerprint density at radius 3 is 1.38 bits per heavy atom. The standard InChI is InChI=1S/C11H21NO2.C9H17NO2.C5H9NO2.C4H7NO2.C3H7N/c1-11(2,3)14-10(13)9-12-7-5-4-6-8-12;1-2-12-9(11)8-10-6-4-3-5-7-10;1-8-5(7)4-2-6-3-4;6-4(7)3-1-5-2-3;1-2-4-3-1/h4-9H2,1-3H3;2-8H2,1H3;4,6H,2-3H2,1H3;3,5H,1-2H2,(H,6,7);4H,1-3H2. The summed E-state index contributed by atoms with van der Waals surface area (Å²) < 4.78 is 14.6. The van der Waals surface area contributed by atoms with Crippen molar-refractivity contribution in [3.8, 4) is 0 Å². The number of rotatable bonds is 7. The molecule has 5 rings (SSSR count). The number of aliphatic carboxylic acids is 1. The minimum absolute atomic E-state index is 0.0839. The van der Waals surface area contributed by atoms with Crippen molar-refractivity contribution in [2.75, 3.05) is 92.3 Å². The molecule has 0 aromatic rings. The van der Waals surface area contributed by atoms with Gasteiger partial charge in [0.15, 0.2) is 0 Å². The molecule has 0 radical (unpaired) electrons. The van der Waals surface area contributed by atoms with Crippen LogP contribution < -0.4 is 16.0 Å². The Bertz CT molecular complexity index is 826. The van der Waals surface area contributed by atoms with E-state index >= 15 is 0 Å². The number of hydrogen-bond donors (Lipinski definition) is 4. The summed E-state index contributed by atoms with van der Waals surface area (Å²) in [7, 11) is 1.42. The second kappa shape index (κ2) is 23.9. The van der Waals surface area contributed by atoms with Gasteiger partial charge in [-0.25, -0.2) is 0 Å². The van der Waals surface area contributed by atoms with Gasteiger partial charge in [0, 0.05) is 26.2 Å². The second-order valence-electron chi connectivity index (χ2n) is 12.7. The molecule has 5 aliphatic rings. The van der Waals surface area contributed by atoms with E-state index in [4.69, 9.17) is 14.6 Å². The van der Waals surface area contributed by atoms with E-state index in [1.807, 2.05) is 27.7 Å². The van der Waals surface area contributed by atoms with E-state index in [9.17, 15) is 19.2 Å². The van der Waals surface area contributed by atoms with Crippen molar-refractivity contribution in [1.29, 1.82) is 0 Å². The molecule has 45 heavy (non-hydrogen) atoms. The molecule has 5 saturated heterocycles. The van der Waals surface area contributed by atoms with Crippen molar-refractivity contribution in [2.45, 2.75) is 78.2 Å². The van der Waals surface area contributed by atoms with Crippen molar-refractivity contribution in [3.05, 3.63) is 0 Å². The Hall–Kier alpha value is -2.32. The van der Waals surface area contributed by atoms with Gasteiger partial charge in [0.1, 0.15) is 5.60 Å². The van der Waals surface area contributed by atoms with Gasteiger partial charge in [0.25, 0.3) is 0 Å². The number of methoxy groups -OCH3 is 1. The maximum absolute atomic E-state index is 11.5. The Morgan fingerprint density at radius 2 is 1.13 bits per heavy atom. The third-order valence-electron chi connectivity index (χ3n) is 7.48. The van der Waals surface area contributed by atoms with Gasteiger partial charge in [-0.05, 0) is 99.1 Å². The molecule has 0 unspecified atom stereocenters. The van der Waals surface area contributed by atoms with Crippen LogP contribution in [0.25, 0.3) is 0 Å². The number of carboxylic acids is 1. The number of carbonyl (C=O) groups excluding carboxylic acids is 3. The lowest BCUT2D eigenvalue weighted by molar-refractivity contribution is -0.156. The van der Waals surface area contributed by atoms with Crippen LogP contribution in [-0.4, -0.2) is 137 Å². The molecule has 0 aliphatic carbocycles. The number of nitrogens with zero attached hydrogens (tertiary/aromatic N) is 2. The fourth-order valence-electron chi connectivity index (χ4n) is 4.44. The molecule has 0 amide bonds. The Morgan fingerprint density at radius 1 is 0.711 bits per heavy atom. The van der Waals surface area contributed by atoms with E-state index in [0.29, 0.717) is 32.8 Å². The minimum atomic E-state index is -0.682. The number of ether oxygens (including phenoxy) is 3. The molecule has 0 bridgehead atoms. The molecule has 0 saturated carbocycles. The van der Waals surface area contributed by atoms with Crippen molar-refractivity contribution < 1.29 is 38.5 Å². The summed E-state index contributed by atoms with van der Waals surface area (Å²) in [6.45, 7) is 18.5. The lowest BCUT2D eigenvalue weighted by atomic mass is 10.0. The fourth-order valence-corrected chi connectivity index (χ4v) is 4.44. The largest absolute Gasteiger partial charge is 0.481 e. The number of esters is 3. The molecule has 0 atom stereocenters. The normalized spacial score (nSPS) is 20.0. The van der Waals surface area contributed by atoms with Crippen molar-refractivity contribution in [3.63, 3.8) is 0 Å². The highest BCUT2D eigenvalue weighted by atomic mass is 16.6. The Balaban J connectivity index is 0.000000295. The number of carboxylic acid groups (broad SMARTS) is 1. The van der Waals surface area contributed by atoms with Crippen LogP contribution >= 0.6 is 0 Å². The average Bonchev–Trinajstić information content (AvgIpc) is 2.87. The number of nitrogens with one attached hydrogen (secondary N) is 3. The molecule has 4 N–H and O–H groups in total. The number of carbonyl (C=O) groups is 4. The monoisotopic (exact) mass is 643 g/mol. The maximum Gasteiger partial charge on any atom is 0.320 e. The molecular formula is C32H61N5O8. The van der Waals surface area contributed by atoms with E-state index in [-0.39, 0.29) is 35.3 Å². The molecule has 0 aromatic heterocycles. The van der Waals surface area contributed by atoms with E-state index in [1.54, 1.807) is 0 Å². The lowest BCUT2D eigenvalue weighted by Gasteiger charge is -2.27. The van der Waals surface area contributed by atoms with Gasteiger partial charge < -0.3 is 35.3 Å². The smallest absolute Gasteiger partial charge is 0.320 e. The highest BCUT2D eigenvalue weighted by Crippen LogP contribution is 2.11. The predicted octanol–water partition coefficient (Wildman–Crippen LogP) is 1.50. The van der Waals surface area contributed by atoms with Crippen molar-refractivity contribution in [2.24, 2.45) is 11.8 Å². The van der Waals surface area contributed by atoms with Crippen molar-refractivity contribution >= 4 is 23.9 Å². The van der Waals surface area contributed by atoms with Gasteiger partial charge in [-0.2, -0.15) is 0 Å². The molecule has 0 aromatic carbocycles. The van der Waals surface area contributed by atoms with Crippen LogP contribution in [0.4, 0.5) is 0 Å². The first-order valence-electron chi connectivity index (χ1n) is 16.7. The minimum Gasteiger partial charge on any atom is -0.481 e. The van der Waals surface area contributed by atoms with Gasteiger partial charge in [-0.3, -0.25) is 29.0 Å². The van der Waals surface area contributed by atoms with Gasteiger partial charge in [-0.15, -0.1) is 0 Å². The predicted molar refractivity (Wildman–Crippen MR) is 173 cm³/mol. The van der Waals surface area contributed by atoms with E-state index in [0.717, 1.165) is 39.3 Å². The third-order valence-corrected chi connectivity index (χ3v) is 7.48. The summed E-state index contributed by atoms with van der Waals surface area (Å²) in [6.07, 6.45) is 8.86. The molecule has 13 heteroatoms. The zero-order valence-corrected chi connectivity index (χ0v) is 28.5. The third kappa shape index (κ3) is 21.2. The van der Waals surface area contributed by atoms with Crippen LogP contribution in [0.1, 0.15) is 72.6 Å². The number of hydrogen-bond acceptors (Lipinski definition) is 12. The van der Waals surface area contributed by atoms with Gasteiger partial charge >= 0.3 is 23.9 Å². The van der Waals surface area contributed by atoms with Crippen LogP contribution in [0.15, 0.2) is 0 Å². The molecular weight excluding hydrogens is 582 g/mol. The first kappa shape index (κ1) is 40.7. The summed E-state index contributed by atoms with van der Waals surface area (Å²) in [5.41, 5.74) is -0.354. The summed E-state index contributed by atoms with van der Waals surface area (Å²) in [4.78, 5) is 47.3. The topological polar surface area (TPSA) is 159 Å². The summed E-state index contributed by atoms with van der Waals surface area (Å²) >= 11 is 0. The van der Waals surface area contributed by atoms with E-state index in [1.165, 1.54) is 65.1 Å². The fraction of sp³-hybridized carbons (Fsp3) is 0.875. The van der Waals surface area contributed by atoms with Crippen LogP contribution in [0, 0.1) is 11.8 Å². The van der Waals surface area contributed by atoms with Gasteiger partial charge in [-0.1, -0.05) is 12.8 Å². The second-order valence-corrected chi connectivity index (χ2v) is 12.7. The van der Waals surface area contributed by atoms with E-state index < -0.39 is 5.97 Å². The highest BCUT2D eigenvalue weighted by molar-refractivity contribution is 5.74. The first-order chi connectivity index (χ1) is 21.4. The summed E-state index contributed by atoms with van der Waals surface area (Å²) in [6, 6.07) is 0. The Kier molecular flexibility index (Phi) is 21.7. The van der Waals surface area contributed by atoms with Crippen LogP contribution in [0.2, 0.25) is 0 Å². The number of piperidine rings is 2. The maximum atomic E-state index is 11.5.